The van der Waals surface area contributed by atoms with Gasteiger partial charge in [0.05, 0.1) is 5.56 Å². The van der Waals surface area contributed by atoms with Crippen molar-refractivity contribution in [2.24, 2.45) is 0 Å². The molecule has 2 aliphatic rings. The Balaban J connectivity index is 1.83. The fraction of sp³-hybridized carbons (Fsp3) is 0.538. The maximum atomic E-state index is 12.1. The van der Waals surface area contributed by atoms with Gasteiger partial charge in [0.15, 0.2) is 0 Å². The Labute approximate surface area is 101 Å². The molecule has 1 aliphatic carbocycles. The third kappa shape index (κ3) is 2.25. The molecule has 1 saturated carbocycles. The maximum Gasteiger partial charge on any atom is 0.255 e. The standard InChI is InChI=1S/C13H17N3O/c17-13(15-10-5-6-10)11-4-3-7-14-12(11)16-8-1-2-9-16/h3-4,7,10H,1-2,5-6,8-9H2,(H,15,17). The van der Waals surface area contributed by atoms with Gasteiger partial charge in [0.25, 0.3) is 5.91 Å². The molecule has 2 fully saturated rings. The highest BCUT2D eigenvalue weighted by Gasteiger charge is 2.26. The monoisotopic (exact) mass is 231 g/mol. The maximum absolute atomic E-state index is 12.1. The van der Waals surface area contributed by atoms with Crippen LogP contribution in [-0.2, 0) is 0 Å². The first-order valence-electron chi connectivity index (χ1n) is 6.35. The van der Waals surface area contributed by atoms with Gasteiger partial charge in [0.2, 0.25) is 0 Å². The second-order valence-electron chi connectivity index (χ2n) is 4.82. The molecule has 0 spiro atoms. The van der Waals surface area contributed by atoms with Crippen LogP contribution in [0.1, 0.15) is 36.0 Å². The summed E-state index contributed by atoms with van der Waals surface area (Å²) in [6.45, 7) is 2.03. The highest BCUT2D eigenvalue weighted by molar-refractivity contribution is 5.99. The van der Waals surface area contributed by atoms with Crippen molar-refractivity contribution in [1.82, 2.24) is 10.3 Å². The highest BCUT2D eigenvalue weighted by atomic mass is 16.1. The lowest BCUT2D eigenvalue weighted by Crippen LogP contribution is -2.29. The molecule has 0 unspecified atom stereocenters. The molecule has 1 saturated heterocycles. The van der Waals surface area contributed by atoms with Crippen molar-refractivity contribution in [3.8, 4) is 0 Å². The Morgan fingerprint density at radius 3 is 2.82 bits per heavy atom. The van der Waals surface area contributed by atoms with Crippen LogP contribution in [0.4, 0.5) is 5.82 Å². The Bertz CT molecular complexity index is 422. The molecule has 1 aromatic rings. The molecule has 1 amide bonds. The van der Waals surface area contributed by atoms with E-state index in [4.69, 9.17) is 0 Å². The molecule has 17 heavy (non-hydrogen) atoms. The lowest BCUT2D eigenvalue weighted by Gasteiger charge is -2.19. The van der Waals surface area contributed by atoms with Crippen molar-refractivity contribution >= 4 is 11.7 Å². The molecule has 0 bridgehead atoms. The second kappa shape index (κ2) is 4.35. The third-order valence-corrected chi connectivity index (χ3v) is 3.35. The average Bonchev–Trinajstić information content (AvgIpc) is 3.00. The largest absolute Gasteiger partial charge is 0.356 e. The molecule has 90 valence electrons. The number of nitrogens with zero attached hydrogens (tertiary/aromatic N) is 2. The van der Waals surface area contributed by atoms with Gasteiger partial charge in [-0.3, -0.25) is 4.79 Å². The van der Waals surface area contributed by atoms with Crippen molar-refractivity contribution in [2.45, 2.75) is 31.7 Å². The van der Waals surface area contributed by atoms with Gasteiger partial charge in [-0.2, -0.15) is 0 Å². The van der Waals surface area contributed by atoms with Gasteiger partial charge in [0, 0.05) is 25.3 Å². The number of carbonyl (C=O) groups excluding carboxylic acids is 1. The zero-order chi connectivity index (χ0) is 11.7. The van der Waals surface area contributed by atoms with Crippen molar-refractivity contribution in [1.29, 1.82) is 0 Å². The fourth-order valence-electron chi connectivity index (χ4n) is 2.25. The van der Waals surface area contributed by atoms with E-state index in [0.717, 1.165) is 37.3 Å². The molecule has 4 nitrogen and oxygen atoms in total. The van der Waals surface area contributed by atoms with E-state index in [-0.39, 0.29) is 5.91 Å². The lowest BCUT2D eigenvalue weighted by molar-refractivity contribution is 0.0951. The minimum Gasteiger partial charge on any atom is -0.356 e. The quantitative estimate of drug-likeness (QED) is 0.859. The van der Waals surface area contributed by atoms with Crippen LogP contribution < -0.4 is 10.2 Å². The Morgan fingerprint density at radius 1 is 1.35 bits per heavy atom. The first-order valence-corrected chi connectivity index (χ1v) is 6.35. The van der Waals surface area contributed by atoms with Crippen molar-refractivity contribution < 1.29 is 4.79 Å². The van der Waals surface area contributed by atoms with Gasteiger partial charge in [-0.1, -0.05) is 0 Å². The molecule has 0 aromatic carbocycles. The number of hydrogen-bond acceptors (Lipinski definition) is 3. The minimum atomic E-state index is 0.0301. The first-order chi connectivity index (χ1) is 8.34. The van der Waals surface area contributed by atoms with E-state index in [1.54, 1.807) is 6.20 Å². The molecule has 1 aromatic heterocycles. The third-order valence-electron chi connectivity index (χ3n) is 3.35. The predicted molar refractivity (Wildman–Crippen MR) is 66.2 cm³/mol. The van der Waals surface area contributed by atoms with Crippen LogP contribution in [0.3, 0.4) is 0 Å². The van der Waals surface area contributed by atoms with Gasteiger partial charge < -0.3 is 10.2 Å². The summed E-state index contributed by atoms with van der Waals surface area (Å²) >= 11 is 0. The topological polar surface area (TPSA) is 45.2 Å². The number of amides is 1. The van der Waals surface area contributed by atoms with Crippen molar-refractivity contribution in [3.05, 3.63) is 23.9 Å². The molecular formula is C13H17N3O. The number of anilines is 1. The van der Waals surface area contributed by atoms with Gasteiger partial charge in [-0.25, -0.2) is 4.98 Å². The van der Waals surface area contributed by atoms with Crippen molar-refractivity contribution in [3.63, 3.8) is 0 Å². The smallest absolute Gasteiger partial charge is 0.255 e. The molecular weight excluding hydrogens is 214 g/mol. The minimum absolute atomic E-state index is 0.0301. The normalized spacial score (nSPS) is 19.4. The highest BCUT2D eigenvalue weighted by Crippen LogP contribution is 2.24. The summed E-state index contributed by atoms with van der Waals surface area (Å²) in [5.41, 5.74) is 0.723. The number of carbonyl (C=O) groups is 1. The van der Waals surface area contributed by atoms with Crippen LogP contribution in [0.5, 0.6) is 0 Å². The summed E-state index contributed by atoms with van der Waals surface area (Å²) in [5.74, 6) is 0.880. The summed E-state index contributed by atoms with van der Waals surface area (Å²) < 4.78 is 0. The molecule has 0 atom stereocenters. The Kier molecular flexibility index (Phi) is 2.71. The summed E-state index contributed by atoms with van der Waals surface area (Å²) in [4.78, 5) is 18.7. The molecule has 1 aliphatic heterocycles. The van der Waals surface area contributed by atoms with Crippen LogP contribution >= 0.6 is 0 Å². The number of hydrogen-bond donors (Lipinski definition) is 1. The summed E-state index contributed by atoms with van der Waals surface area (Å²) in [6.07, 6.45) is 6.39. The summed E-state index contributed by atoms with van der Waals surface area (Å²) in [7, 11) is 0. The SMILES string of the molecule is O=C(NC1CC1)c1cccnc1N1CCCC1. The molecule has 2 heterocycles. The van der Waals surface area contributed by atoms with Crippen LogP contribution in [0.2, 0.25) is 0 Å². The molecule has 4 heteroatoms. The zero-order valence-electron chi connectivity index (χ0n) is 9.85. The lowest BCUT2D eigenvalue weighted by atomic mass is 10.2. The Morgan fingerprint density at radius 2 is 2.12 bits per heavy atom. The van der Waals surface area contributed by atoms with E-state index in [1.807, 2.05) is 12.1 Å². The van der Waals surface area contributed by atoms with Gasteiger partial charge in [-0.15, -0.1) is 0 Å². The first kappa shape index (κ1) is 10.6. The molecule has 0 radical (unpaired) electrons. The zero-order valence-corrected chi connectivity index (χ0v) is 9.85. The molecule has 1 N–H and O–H groups in total. The van der Waals surface area contributed by atoms with Crippen LogP contribution in [0.15, 0.2) is 18.3 Å². The Hall–Kier alpha value is -1.58. The van der Waals surface area contributed by atoms with Crippen LogP contribution in [0, 0.1) is 0 Å². The van der Waals surface area contributed by atoms with E-state index in [0.29, 0.717) is 6.04 Å². The molecule has 3 rings (SSSR count). The van der Waals surface area contributed by atoms with Gasteiger partial charge >= 0.3 is 0 Å². The van der Waals surface area contributed by atoms with E-state index in [1.165, 1.54) is 12.8 Å². The van der Waals surface area contributed by atoms with E-state index in [9.17, 15) is 4.79 Å². The number of rotatable bonds is 3. The summed E-state index contributed by atoms with van der Waals surface area (Å²) in [5, 5.41) is 3.03. The van der Waals surface area contributed by atoms with Gasteiger partial charge in [-0.05, 0) is 37.8 Å². The van der Waals surface area contributed by atoms with E-state index < -0.39 is 0 Å². The summed E-state index contributed by atoms with van der Waals surface area (Å²) in [6, 6.07) is 4.11. The van der Waals surface area contributed by atoms with Gasteiger partial charge in [0.1, 0.15) is 5.82 Å². The van der Waals surface area contributed by atoms with Crippen LogP contribution in [0.25, 0.3) is 0 Å². The van der Waals surface area contributed by atoms with E-state index >= 15 is 0 Å². The average molecular weight is 231 g/mol. The van der Waals surface area contributed by atoms with Crippen molar-refractivity contribution in [2.75, 3.05) is 18.0 Å². The number of pyridine rings is 1. The predicted octanol–water partition coefficient (Wildman–Crippen LogP) is 1.57. The van der Waals surface area contributed by atoms with Crippen LogP contribution in [-0.4, -0.2) is 30.0 Å². The second-order valence-corrected chi connectivity index (χ2v) is 4.82. The number of nitrogens with one attached hydrogen (secondary N) is 1. The fourth-order valence-corrected chi connectivity index (χ4v) is 2.25. The van der Waals surface area contributed by atoms with E-state index in [2.05, 4.69) is 15.2 Å². The number of aromatic nitrogens is 1.